The van der Waals surface area contributed by atoms with E-state index in [1.807, 2.05) is 36.4 Å². The number of aromatic nitrogens is 1. The zero-order valence-electron chi connectivity index (χ0n) is 15.3. The average molecular weight is 374 g/mol. The number of fused-ring (bicyclic) bond motifs is 2. The van der Waals surface area contributed by atoms with Gasteiger partial charge in [0.15, 0.2) is 0 Å². The molecule has 0 spiro atoms. The van der Waals surface area contributed by atoms with Crippen molar-refractivity contribution >= 4 is 39.1 Å². The smallest absolute Gasteiger partial charge is 0.119 e. The summed E-state index contributed by atoms with van der Waals surface area (Å²) in [5.41, 5.74) is 2.01. The molecular formula is C20H24ClN3O2. The van der Waals surface area contributed by atoms with Crippen molar-refractivity contribution in [3.63, 3.8) is 0 Å². The van der Waals surface area contributed by atoms with Crippen molar-refractivity contribution in [2.24, 2.45) is 0 Å². The van der Waals surface area contributed by atoms with Gasteiger partial charge in [-0.1, -0.05) is 11.6 Å². The predicted octanol–water partition coefficient (Wildman–Crippen LogP) is 3.82. The summed E-state index contributed by atoms with van der Waals surface area (Å²) in [4.78, 5) is 4.72. The van der Waals surface area contributed by atoms with Gasteiger partial charge in [-0.15, -0.1) is 0 Å². The summed E-state index contributed by atoms with van der Waals surface area (Å²) in [6.07, 6.45) is 0. The molecular weight excluding hydrogens is 350 g/mol. The second-order valence-electron chi connectivity index (χ2n) is 6.95. The number of nitrogens with one attached hydrogen (secondary N) is 2. The summed E-state index contributed by atoms with van der Waals surface area (Å²) in [5.74, 6) is 0.788. The average Bonchev–Trinajstić information content (AvgIpc) is 2.59. The second kappa shape index (κ2) is 7.66. The highest BCUT2D eigenvalue weighted by molar-refractivity contribution is 6.31. The molecule has 138 valence electrons. The third-order valence-corrected chi connectivity index (χ3v) is 4.34. The Bertz CT molecular complexity index is 922. The molecule has 0 unspecified atom stereocenters. The van der Waals surface area contributed by atoms with Crippen LogP contribution in [0.15, 0.2) is 36.4 Å². The van der Waals surface area contributed by atoms with Gasteiger partial charge in [0.2, 0.25) is 0 Å². The maximum Gasteiger partial charge on any atom is 0.119 e. The number of aliphatic hydroxyl groups is 1. The Morgan fingerprint density at radius 2 is 1.88 bits per heavy atom. The minimum atomic E-state index is -0.722. The van der Waals surface area contributed by atoms with E-state index in [4.69, 9.17) is 21.3 Å². The van der Waals surface area contributed by atoms with Crippen LogP contribution >= 0.6 is 11.6 Å². The van der Waals surface area contributed by atoms with Gasteiger partial charge in [0.1, 0.15) is 5.75 Å². The molecule has 3 rings (SSSR count). The molecule has 2 aromatic carbocycles. The van der Waals surface area contributed by atoms with E-state index in [0.717, 1.165) is 39.8 Å². The molecule has 0 aliphatic heterocycles. The van der Waals surface area contributed by atoms with Gasteiger partial charge in [-0.2, -0.15) is 0 Å². The predicted molar refractivity (Wildman–Crippen MR) is 108 cm³/mol. The number of ether oxygens (including phenoxy) is 1. The van der Waals surface area contributed by atoms with Gasteiger partial charge < -0.3 is 20.5 Å². The van der Waals surface area contributed by atoms with E-state index in [1.54, 1.807) is 21.0 Å². The lowest BCUT2D eigenvalue weighted by molar-refractivity contribution is 0.0804. The quantitative estimate of drug-likeness (QED) is 0.434. The first-order valence-corrected chi connectivity index (χ1v) is 8.99. The Labute approximate surface area is 158 Å². The summed E-state index contributed by atoms with van der Waals surface area (Å²) in [6, 6.07) is 11.6. The molecule has 5 nitrogen and oxygen atoms in total. The number of hydrogen-bond donors (Lipinski definition) is 3. The molecule has 26 heavy (non-hydrogen) atoms. The highest BCUT2D eigenvalue weighted by Gasteiger charge is 2.12. The van der Waals surface area contributed by atoms with Gasteiger partial charge in [0.05, 0.1) is 29.4 Å². The van der Waals surface area contributed by atoms with Gasteiger partial charge in [-0.3, -0.25) is 0 Å². The van der Waals surface area contributed by atoms with Crippen molar-refractivity contribution in [2.75, 3.05) is 32.1 Å². The summed E-state index contributed by atoms with van der Waals surface area (Å²) in [5, 5.41) is 19.2. The Morgan fingerprint density at radius 1 is 1.08 bits per heavy atom. The van der Waals surface area contributed by atoms with E-state index < -0.39 is 5.60 Å². The lowest BCUT2D eigenvalue weighted by Gasteiger charge is -2.18. The number of rotatable bonds is 7. The number of halogens is 1. The van der Waals surface area contributed by atoms with E-state index in [0.29, 0.717) is 18.1 Å². The summed E-state index contributed by atoms with van der Waals surface area (Å²) in [6.45, 7) is 5.55. The molecule has 1 aromatic heterocycles. The molecule has 0 bridgehead atoms. The van der Waals surface area contributed by atoms with Crippen LogP contribution in [0.5, 0.6) is 5.75 Å². The normalized spacial score (nSPS) is 11.9. The number of benzene rings is 2. The highest BCUT2D eigenvalue weighted by atomic mass is 35.5. The van der Waals surface area contributed by atoms with Crippen molar-refractivity contribution in [3.8, 4) is 5.75 Å². The minimum absolute atomic E-state index is 0.538. The number of methoxy groups -OCH3 is 1. The van der Waals surface area contributed by atoms with Crippen LogP contribution in [0.4, 0.5) is 5.69 Å². The topological polar surface area (TPSA) is 66.4 Å². The monoisotopic (exact) mass is 373 g/mol. The first kappa shape index (κ1) is 18.7. The third kappa shape index (κ3) is 4.36. The molecule has 0 atom stereocenters. The maximum absolute atomic E-state index is 9.78. The number of nitrogens with zero attached hydrogens (tertiary/aromatic N) is 1. The molecule has 0 radical (unpaired) electrons. The Balaban J connectivity index is 1.93. The SMILES string of the molecule is COc1ccc2nc3cc(Cl)ccc3c(NCCNCC(C)(C)O)c2c1. The highest BCUT2D eigenvalue weighted by Crippen LogP contribution is 2.34. The van der Waals surface area contributed by atoms with E-state index in [2.05, 4.69) is 10.6 Å². The number of anilines is 1. The molecule has 0 fully saturated rings. The number of hydrogen-bond acceptors (Lipinski definition) is 5. The zero-order chi connectivity index (χ0) is 18.7. The van der Waals surface area contributed by atoms with Crippen LogP contribution in [-0.2, 0) is 0 Å². The van der Waals surface area contributed by atoms with Gasteiger partial charge in [0, 0.05) is 35.4 Å². The fourth-order valence-electron chi connectivity index (χ4n) is 2.88. The summed E-state index contributed by atoms with van der Waals surface area (Å²) in [7, 11) is 1.66. The van der Waals surface area contributed by atoms with Crippen LogP contribution in [-0.4, -0.2) is 42.4 Å². The Kier molecular flexibility index (Phi) is 5.51. The summed E-state index contributed by atoms with van der Waals surface area (Å²) >= 11 is 6.14. The lowest BCUT2D eigenvalue weighted by Crippen LogP contribution is -2.36. The Morgan fingerprint density at radius 3 is 2.62 bits per heavy atom. The van der Waals surface area contributed by atoms with Crippen LogP contribution in [0.3, 0.4) is 0 Å². The van der Waals surface area contributed by atoms with Crippen LogP contribution in [0.25, 0.3) is 21.8 Å². The number of pyridine rings is 1. The molecule has 3 N–H and O–H groups in total. The van der Waals surface area contributed by atoms with E-state index in [-0.39, 0.29) is 0 Å². The van der Waals surface area contributed by atoms with Crippen LogP contribution in [0.1, 0.15) is 13.8 Å². The van der Waals surface area contributed by atoms with Crippen LogP contribution in [0.2, 0.25) is 5.02 Å². The lowest BCUT2D eigenvalue weighted by atomic mass is 10.1. The first-order valence-electron chi connectivity index (χ1n) is 8.61. The van der Waals surface area contributed by atoms with Crippen LogP contribution < -0.4 is 15.4 Å². The molecule has 3 aromatic rings. The molecule has 0 amide bonds. The van der Waals surface area contributed by atoms with Crippen molar-refractivity contribution in [1.29, 1.82) is 0 Å². The van der Waals surface area contributed by atoms with Crippen molar-refractivity contribution in [1.82, 2.24) is 10.3 Å². The first-order chi connectivity index (χ1) is 12.4. The molecule has 0 saturated heterocycles. The van der Waals surface area contributed by atoms with E-state index in [9.17, 15) is 5.11 Å². The largest absolute Gasteiger partial charge is 0.497 e. The Hall–Kier alpha value is -2.08. The van der Waals surface area contributed by atoms with Crippen molar-refractivity contribution in [3.05, 3.63) is 41.4 Å². The maximum atomic E-state index is 9.78. The van der Waals surface area contributed by atoms with E-state index in [1.165, 1.54) is 0 Å². The molecule has 6 heteroatoms. The van der Waals surface area contributed by atoms with Gasteiger partial charge in [-0.25, -0.2) is 4.98 Å². The fourth-order valence-corrected chi connectivity index (χ4v) is 3.05. The van der Waals surface area contributed by atoms with Crippen molar-refractivity contribution < 1.29 is 9.84 Å². The minimum Gasteiger partial charge on any atom is -0.497 e. The zero-order valence-corrected chi connectivity index (χ0v) is 16.0. The van der Waals surface area contributed by atoms with Gasteiger partial charge in [0.25, 0.3) is 0 Å². The molecule has 0 aliphatic carbocycles. The standard InChI is InChI=1S/C20H24ClN3O2/c1-20(2,25)12-22-8-9-23-19-15-6-4-13(21)10-18(15)24-17-7-5-14(26-3)11-16(17)19/h4-7,10-11,22,25H,8-9,12H2,1-3H3,(H,23,24). The molecule has 1 heterocycles. The molecule has 0 aliphatic rings. The third-order valence-electron chi connectivity index (χ3n) is 4.10. The fraction of sp³-hybridized carbons (Fsp3) is 0.350. The van der Waals surface area contributed by atoms with Crippen molar-refractivity contribution in [2.45, 2.75) is 19.4 Å². The summed E-state index contributed by atoms with van der Waals surface area (Å²) < 4.78 is 5.37. The van der Waals surface area contributed by atoms with Gasteiger partial charge in [-0.05, 0) is 50.2 Å². The second-order valence-corrected chi connectivity index (χ2v) is 7.38. The van der Waals surface area contributed by atoms with Crippen LogP contribution in [0, 0.1) is 0 Å². The molecule has 0 saturated carbocycles. The van der Waals surface area contributed by atoms with Gasteiger partial charge >= 0.3 is 0 Å². The van der Waals surface area contributed by atoms with E-state index >= 15 is 0 Å².